The molecule has 2 aliphatic heterocycles. The lowest BCUT2D eigenvalue weighted by atomic mass is 9.72. The molecule has 0 unspecified atom stereocenters. The fourth-order valence-corrected chi connectivity index (χ4v) is 3.19. The molecule has 1 spiro atoms. The number of rotatable bonds is 0. The Morgan fingerprint density at radius 1 is 1.19 bits per heavy atom. The van der Waals surface area contributed by atoms with Crippen LogP contribution in [0.15, 0.2) is 12.3 Å². The van der Waals surface area contributed by atoms with Crippen LogP contribution < -0.4 is 5.32 Å². The number of hydrogen-bond donors (Lipinski definition) is 1. The first kappa shape index (κ1) is 11.5. The van der Waals surface area contributed by atoms with Gasteiger partial charge in [-0.05, 0) is 27.7 Å². The Morgan fingerprint density at radius 2 is 1.69 bits per heavy atom. The van der Waals surface area contributed by atoms with Crippen molar-refractivity contribution in [1.82, 2.24) is 5.32 Å². The van der Waals surface area contributed by atoms with E-state index in [1.54, 1.807) is 0 Å². The summed E-state index contributed by atoms with van der Waals surface area (Å²) in [6.07, 6.45) is 0.751. The van der Waals surface area contributed by atoms with Crippen molar-refractivity contribution in [2.75, 3.05) is 0 Å². The highest BCUT2D eigenvalue weighted by atomic mass is 16.8. The van der Waals surface area contributed by atoms with Crippen molar-refractivity contribution in [3.8, 4) is 0 Å². The van der Waals surface area contributed by atoms with Gasteiger partial charge < -0.3 is 14.8 Å². The number of cyclic esters (lactones) is 1. The van der Waals surface area contributed by atoms with Gasteiger partial charge in [-0.1, -0.05) is 6.58 Å². The molecule has 4 heteroatoms. The number of ether oxygens (including phenoxy) is 2. The van der Waals surface area contributed by atoms with E-state index in [9.17, 15) is 4.79 Å². The van der Waals surface area contributed by atoms with Crippen molar-refractivity contribution in [2.45, 2.75) is 57.2 Å². The van der Waals surface area contributed by atoms with E-state index in [0.29, 0.717) is 18.6 Å². The molecule has 0 aromatic carbocycles. The number of nitrogens with one attached hydrogen (secondary N) is 1. The maximum Gasteiger partial charge on any atom is 0.514 e. The number of carbonyl (C=O) groups excluding carboxylic acids is 1. The molecule has 90 valence electrons. The zero-order valence-electron chi connectivity index (χ0n) is 10.3. The summed E-state index contributed by atoms with van der Waals surface area (Å²) in [7, 11) is 0. The molecule has 0 aromatic heterocycles. The van der Waals surface area contributed by atoms with Crippen molar-refractivity contribution in [2.24, 2.45) is 0 Å². The predicted molar refractivity (Wildman–Crippen MR) is 60.0 cm³/mol. The van der Waals surface area contributed by atoms with Crippen LogP contribution in [0.3, 0.4) is 0 Å². The third-order valence-electron chi connectivity index (χ3n) is 3.13. The van der Waals surface area contributed by atoms with Gasteiger partial charge in [0.1, 0.15) is 5.76 Å². The molecule has 0 aromatic rings. The Kier molecular flexibility index (Phi) is 2.15. The summed E-state index contributed by atoms with van der Waals surface area (Å²) in [5, 5.41) is 3.53. The van der Waals surface area contributed by atoms with E-state index in [0.717, 1.165) is 0 Å². The maximum atomic E-state index is 11.2. The summed E-state index contributed by atoms with van der Waals surface area (Å²) >= 11 is 0. The van der Waals surface area contributed by atoms with Crippen LogP contribution >= 0.6 is 0 Å². The van der Waals surface area contributed by atoms with Crippen LogP contribution in [-0.4, -0.2) is 22.8 Å². The smallest absolute Gasteiger partial charge is 0.419 e. The van der Waals surface area contributed by atoms with Crippen molar-refractivity contribution in [1.29, 1.82) is 0 Å². The highest BCUT2D eigenvalue weighted by molar-refractivity contribution is 5.66. The van der Waals surface area contributed by atoms with Crippen molar-refractivity contribution in [3.05, 3.63) is 12.3 Å². The molecule has 0 radical (unpaired) electrons. The molecular formula is C12H19NO3. The normalized spacial score (nSPS) is 30.0. The van der Waals surface area contributed by atoms with Gasteiger partial charge in [-0.15, -0.1) is 0 Å². The topological polar surface area (TPSA) is 47.6 Å². The Balaban J connectivity index is 2.35. The fourth-order valence-electron chi connectivity index (χ4n) is 3.19. The molecule has 0 atom stereocenters. The van der Waals surface area contributed by atoms with Gasteiger partial charge in [-0.25, -0.2) is 4.79 Å². The van der Waals surface area contributed by atoms with Gasteiger partial charge in [0.15, 0.2) is 5.60 Å². The maximum absolute atomic E-state index is 11.2. The Hall–Kier alpha value is -1.03. The Bertz CT molecular complexity index is 341. The first-order valence-corrected chi connectivity index (χ1v) is 5.54. The largest absolute Gasteiger partial charge is 0.514 e. The van der Waals surface area contributed by atoms with E-state index in [2.05, 4.69) is 39.6 Å². The molecule has 2 rings (SSSR count). The van der Waals surface area contributed by atoms with E-state index in [4.69, 9.17) is 9.47 Å². The van der Waals surface area contributed by atoms with Crippen LogP contribution in [-0.2, 0) is 9.47 Å². The Labute approximate surface area is 96.0 Å². The van der Waals surface area contributed by atoms with Gasteiger partial charge >= 0.3 is 6.16 Å². The predicted octanol–water partition coefficient (Wildman–Crippen LogP) is 2.35. The lowest BCUT2D eigenvalue weighted by molar-refractivity contribution is -0.0194. The average Bonchev–Trinajstić information content (AvgIpc) is 2.17. The summed E-state index contributed by atoms with van der Waals surface area (Å²) in [5.74, 6) is 0.445. The van der Waals surface area contributed by atoms with Gasteiger partial charge in [0.05, 0.1) is 0 Å². The molecule has 0 saturated carbocycles. The molecule has 0 amide bonds. The van der Waals surface area contributed by atoms with Crippen LogP contribution in [0.1, 0.15) is 40.5 Å². The van der Waals surface area contributed by atoms with Crippen molar-refractivity contribution < 1.29 is 14.3 Å². The van der Waals surface area contributed by atoms with Crippen LogP contribution in [0.5, 0.6) is 0 Å². The minimum absolute atomic E-state index is 0.112. The van der Waals surface area contributed by atoms with Crippen LogP contribution in [0.2, 0.25) is 0 Å². The summed E-state index contributed by atoms with van der Waals surface area (Å²) in [4.78, 5) is 11.2. The second-order valence-electron chi connectivity index (χ2n) is 6.12. The van der Waals surface area contributed by atoms with Crippen LogP contribution in [0.4, 0.5) is 4.79 Å². The average molecular weight is 225 g/mol. The standard InChI is InChI=1S/C12H19NO3/c1-8-12(16-9(14)15-8)6-10(2,3)13-11(4,5)7-12/h13H,1,6-7H2,2-5H3. The highest BCUT2D eigenvalue weighted by Gasteiger charge is 2.56. The monoisotopic (exact) mass is 225 g/mol. The molecule has 2 aliphatic rings. The molecule has 2 heterocycles. The van der Waals surface area contributed by atoms with Crippen LogP contribution in [0, 0.1) is 0 Å². The minimum Gasteiger partial charge on any atom is -0.419 e. The van der Waals surface area contributed by atoms with Gasteiger partial charge in [-0.2, -0.15) is 0 Å². The summed E-state index contributed by atoms with van der Waals surface area (Å²) < 4.78 is 10.3. The minimum atomic E-state index is -0.657. The quantitative estimate of drug-likeness (QED) is 0.643. The fraction of sp³-hybridized carbons (Fsp3) is 0.750. The highest BCUT2D eigenvalue weighted by Crippen LogP contribution is 2.45. The van der Waals surface area contributed by atoms with Gasteiger partial charge in [0.2, 0.25) is 0 Å². The summed E-state index contributed by atoms with van der Waals surface area (Å²) in [5.41, 5.74) is -0.882. The lowest BCUT2D eigenvalue weighted by Gasteiger charge is -2.49. The van der Waals surface area contributed by atoms with Crippen LogP contribution in [0.25, 0.3) is 0 Å². The molecule has 4 nitrogen and oxygen atoms in total. The molecule has 1 N–H and O–H groups in total. The first-order chi connectivity index (χ1) is 7.14. The van der Waals surface area contributed by atoms with E-state index >= 15 is 0 Å². The summed E-state index contributed by atoms with van der Waals surface area (Å²) in [6.45, 7) is 12.2. The second kappa shape index (κ2) is 3.00. The number of hydrogen-bond acceptors (Lipinski definition) is 4. The van der Waals surface area contributed by atoms with E-state index in [1.807, 2.05) is 0 Å². The third-order valence-corrected chi connectivity index (χ3v) is 3.13. The van der Waals surface area contributed by atoms with E-state index in [1.165, 1.54) is 0 Å². The molecule has 0 bridgehead atoms. The zero-order valence-corrected chi connectivity index (χ0v) is 10.3. The third kappa shape index (κ3) is 1.82. The van der Waals surface area contributed by atoms with E-state index < -0.39 is 11.8 Å². The molecule has 2 saturated heterocycles. The van der Waals surface area contributed by atoms with E-state index in [-0.39, 0.29) is 11.1 Å². The van der Waals surface area contributed by atoms with Gasteiger partial charge in [-0.3, -0.25) is 0 Å². The molecule has 16 heavy (non-hydrogen) atoms. The molecule has 0 aliphatic carbocycles. The van der Waals surface area contributed by atoms with Gasteiger partial charge in [0, 0.05) is 23.9 Å². The second-order valence-corrected chi connectivity index (χ2v) is 6.12. The lowest BCUT2D eigenvalue weighted by Crippen LogP contribution is -2.63. The number of carbonyl (C=O) groups is 1. The van der Waals surface area contributed by atoms with Crippen molar-refractivity contribution in [3.63, 3.8) is 0 Å². The molecular weight excluding hydrogens is 206 g/mol. The zero-order chi connectivity index (χ0) is 12.2. The van der Waals surface area contributed by atoms with Gasteiger partial charge in [0.25, 0.3) is 0 Å². The first-order valence-electron chi connectivity index (χ1n) is 5.54. The summed E-state index contributed by atoms with van der Waals surface area (Å²) in [6, 6.07) is 0. The Morgan fingerprint density at radius 3 is 2.06 bits per heavy atom. The molecule has 2 fully saturated rings. The number of piperidine rings is 1. The van der Waals surface area contributed by atoms with Crippen molar-refractivity contribution >= 4 is 6.16 Å². The SMILES string of the molecule is C=C1OC(=O)OC12CC(C)(C)NC(C)(C)C2.